The molecule has 0 amide bonds. The lowest BCUT2D eigenvalue weighted by molar-refractivity contribution is -0.155. The van der Waals surface area contributed by atoms with Crippen LogP contribution in [0.5, 0.6) is 0 Å². The molecule has 1 atom stereocenters. The molecule has 0 aliphatic rings. The maximum absolute atomic E-state index is 10.9. The Kier molecular flexibility index (Phi) is 4.65. The minimum Gasteiger partial charge on any atom is -0.480 e. The highest BCUT2D eigenvalue weighted by Crippen LogP contribution is 2.27. The average Bonchev–Trinajstić information content (AvgIpc) is 2.01. The molecule has 0 bridgehead atoms. The third-order valence-corrected chi connectivity index (χ3v) is 3.65. The van der Waals surface area contributed by atoms with E-state index < -0.39 is 33.5 Å². The molecule has 0 saturated heterocycles. The highest BCUT2D eigenvalue weighted by atomic mass is 32.2. The number of aliphatic carboxylic acids is 1. The molecule has 0 heterocycles. The Morgan fingerprint density at radius 2 is 1.87 bits per heavy atom. The Labute approximate surface area is 87.1 Å². The number of hydrogen-bond donors (Lipinski definition) is 4. The molecular weight excluding hydrogens is 228 g/mol. The molecular formula is C7H14O7S. The van der Waals surface area contributed by atoms with E-state index in [9.17, 15) is 13.2 Å². The number of hydrogen-bond acceptors (Lipinski definition) is 5. The van der Waals surface area contributed by atoms with E-state index in [-0.39, 0.29) is 6.42 Å². The van der Waals surface area contributed by atoms with Crippen molar-refractivity contribution < 1.29 is 33.1 Å². The normalized spacial score (nSPS) is 16.3. The van der Waals surface area contributed by atoms with E-state index in [0.717, 1.165) is 0 Å². The van der Waals surface area contributed by atoms with Gasteiger partial charge in [-0.1, -0.05) is 19.8 Å². The fourth-order valence-electron chi connectivity index (χ4n) is 1.16. The Balaban J connectivity index is 5.40. The molecule has 0 spiro atoms. The summed E-state index contributed by atoms with van der Waals surface area (Å²) in [5, 5.41) is 26.4. The smallest absolute Gasteiger partial charge is 0.332 e. The van der Waals surface area contributed by atoms with E-state index in [1.807, 2.05) is 0 Å². The highest BCUT2D eigenvalue weighted by Gasteiger charge is 2.55. The third kappa shape index (κ3) is 2.65. The molecule has 0 fully saturated rings. The first-order valence-corrected chi connectivity index (χ1v) is 5.70. The van der Waals surface area contributed by atoms with Crippen molar-refractivity contribution in [2.24, 2.45) is 0 Å². The van der Waals surface area contributed by atoms with E-state index >= 15 is 0 Å². The summed E-state index contributed by atoms with van der Waals surface area (Å²) in [6, 6.07) is 0. The van der Waals surface area contributed by atoms with Crippen LogP contribution in [-0.4, -0.2) is 45.3 Å². The molecule has 0 aliphatic heterocycles. The van der Waals surface area contributed by atoms with Crippen LogP contribution in [0.1, 0.15) is 26.2 Å². The fraction of sp³-hybridized carbons (Fsp3) is 0.857. The summed E-state index contributed by atoms with van der Waals surface area (Å²) in [6.45, 7) is 1.67. The van der Waals surface area contributed by atoms with Crippen LogP contribution in [0.2, 0.25) is 0 Å². The predicted molar refractivity (Wildman–Crippen MR) is 49.7 cm³/mol. The quantitative estimate of drug-likeness (QED) is 0.354. The van der Waals surface area contributed by atoms with Gasteiger partial charge in [0.2, 0.25) is 4.75 Å². The molecule has 0 aromatic heterocycles. The summed E-state index contributed by atoms with van der Waals surface area (Å²) in [7, 11) is -5.10. The summed E-state index contributed by atoms with van der Waals surface area (Å²) < 4.78 is 27.6. The van der Waals surface area contributed by atoms with E-state index in [1.54, 1.807) is 6.92 Å². The van der Waals surface area contributed by atoms with Gasteiger partial charge in [0.1, 0.15) is 0 Å². The summed E-state index contributed by atoms with van der Waals surface area (Å²) in [4.78, 5) is 10.8. The molecule has 0 radical (unpaired) electrons. The summed E-state index contributed by atoms with van der Waals surface area (Å²) in [6.07, 6.45) is -2.65. The molecule has 90 valence electrons. The SMILES string of the molecule is CCCCC(C(=O)O)(C(O)O)S(=O)(=O)O. The van der Waals surface area contributed by atoms with Crippen LogP contribution in [0.4, 0.5) is 0 Å². The monoisotopic (exact) mass is 242 g/mol. The van der Waals surface area contributed by atoms with Crippen LogP contribution >= 0.6 is 0 Å². The minimum absolute atomic E-state index is 0.129. The summed E-state index contributed by atoms with van der Waals surface area (Å²) in [5.41, 5.74) is 0. The van der Waals surface area contributed by atoms with Gasteiger partial charge in [-0.05, 0) is 6.42 Å². The zero-order chi connectivity index (χ0) is 12.3. The number of unbranched alkanes of at least 4 members (excludes halogenated alkanes) is 1. The molecule has 0 aromatic rings. The summed E-state index contributed by atoms with van der Waals surface area (Å²) >= 11 is 0. The number of rotatable bonds is 6. The molecule has 0 rings (SSSR count). The second kappa shape index (κ2) is 4.88. The first-order valence-electron chi connectivity index (χ1n) is 4.26. The largest absolute Gasteiger partial charge is 0.480 e. The van der Waals surface area contributed by atoms with Crippen LogP contribution in [0.25, 0.3) is 0 Å². The zero-order valence-electron chi connectivity index (χ0n) is 8.12. The van der Waals surface area contributed by atoms with Crippen LogP contribution in [0.3, 0.4) is 0 Å². The molecule has 4 N–H and O–H groups in total. The van der Waals surface area contributed by atoms with Crippen molar-refractivity contribution in [3.05, 3.63) is 0 Å². The molecule has 7 nitrogen and oxygen atoms in total. The van der Waals surface area contributed by atoms with Crippen LogP contribution in [0, 0.1) is 0 Å². The second-order valence-corrected chi connectivity index (χ2v) is 4.83. The number of aliphatic hydroxyl groups excluding tert-OH is 1. The lowest BCUT2D eigenvalue weighted by Gasteiger charge is -2.27. The van der Waals surface area contributed by atoms with Crippen molar-refractivity contribution in [1.82, 2.24) is 0 Å². The topological polar surface area (TPSA) is 132 Å². The van der Waals surface area contributed by atoms with Gasteiger partial charge >= 0.3 is 5.97 Å². The van der Waals surface area contributed by atoms with Crippen LogP contribution in [-0.2, 0) is 14.9 Å². The predicted octanol–water partition coefficient (Wildman–Crippen LogP) is -0.801. The van der Waals surface area contributed by atoms with Gasteiger partial charge in [-0.3, -0.25) is 9.35 Å². The van der Waals surface area contributed by atoms with E-state index in [2.05, 4.69) is 0 Å². The Hall–Kier alpha value is -0.700. The molecule has 1 unspecified atom stereocenters. The average molecular weight is 242 g/mol. The number of carboxylic acid groups (broad SMARTS) is 1. The van der Waals surface area contributed by atoms with Gasteiger partial charge in [0.05, 0.1) is 0 Å². The van der Waals surface area contributed by atoms with Crippen molar-refractivity contribution in [3.63, 3.8) is 0 Å². The van der Waals surface area contributed by atoms with Gasteiger partial charge in [-0.25, -0.2) is 0 Å². The van der Waals surface area contributed by atoms with Gasteiger partial charge in [-0.15, -0.1) is 0 Å². The Morgan fingerprint density at radius 1 is 1.40 bits per heavy atom. The van der Waals surface area contributed by atoms with E-state index in [4.69, 9.17) is 19.9 Å². The second-order valence-electron chi connectivity index (χ2n) is 3.15. The number of carbonyl (C=O) groups is 1. The molecule has 0 aromatic carbocycles. The zero-order valence-corrected chi connectivity index (χ0v) is 8.94. The number of carboxylic acids is 1. The van der Waals surface area contributed by atoms with Crippen molar-refractivity contribution in [2.45, 2.75) is 37.2 Å². The first kappa shape index (κ1) is 14.3. The third-order valence-electron chi connectivity index (χ3n) is 2.14. The van der Waals surface area contributed by atoms with Gasteiger partial charge < -0.3 is 15.3 Å². The Morgan fingerprint density at radius 3 is 2.07 bits per heavy atom. The minimum atomic E-state index is -5.10. The molecule has 0 aliphatic carbocycles. The first-order chi connectivity index (χ1) is 6.70. The van der Waals surface area contributed by atoms with Gasteiger partial charge in [0, 0.05) is 0 Å². The lowest BCUT2D eigenvalue weighted by Crippen LogP contribution is -2.55. The molecule has 8 heteroatoms. The molecule has 0 saturated carbocycles. The van der Waals surface area contributed by atoms with E-state index in [1.165, 1.54) is 0 Å². The van der Waals surface area contributed by atoms with Crippen molar-refractivity contribution in [2.75, 3.05) is 0 Å². The van der Waals surface area contributed by atoms with Crippen molar-refractivity contribution >= 4 is 16.1 Å². The van der Waals surface area contributed by atoms with Crippen LogP contribution < -0.4 is 0 Å². The van der Waals surface area contributed by atoms with Crippen LogP contribution in [0.15, 0.2) is 0 Å². The maximum atomic E-state index is 10.9. The standard InChI is InChI=1S/C7H14O7S/c1-2-3-4-7(5(8)9,6(10)11)15(12,13)14/h5,8-9H,2-4H2,1H3,(H,10,11)(H,12,13,14). The Bertz CT molecular complexity index is 320. The fourth-order valence-corrected chi connectivity index (χ4v) is 2.05. The number of aliphatic hydroxyl groups is 2. The van der Waals surface area contributed by atoms with Crippen molar-refractivity contribution in [1.29, 1.82) is 0 Å². The van der Waals surface area contributed by atoms with Gasteiger partial charge in [0.25, 0.3) is 10.1 Å². The van der Waals surface area contributed by atoms with Gasteiger partial charge in [-0.2, -0.15) is 8.42 Å². The highest BCUT2D eigenvalue weighted by molar-refractivity contribution is 7.88. The van der Waals surface area contributed by atoms with E-state index in [0.29, 0.717) is 6.42 Å². The summed E-state index contributed by atoms with van der Waals surface area (Å²) in [5.74, 6) is -1.98. The lowest BCUT2D eigenvalue weighted by atomic mass is 10.0. The maximum Gasteiger partial charge on any atom is 0.332 e. The molecule has 15 heavy (non-hydrogen) atoms. The van der Waals surface area contributed by atoms with Crippen molar-refractivity contribution in [3.8, 4) is 0 Å². The van der Waals surface area contributed by atoms with Gasteiger partial charge in [0.15, 0.2) is 6.29 Å².